The summed E-state index contributed by atoms with van der Waals surface area (Å²) in [5.74, 6) is 2.80. The summed E-state index contributed by atoms with van der Waals surface area (Å²) in [5.41, 5.74) is 9.23. The normalized spacial score (nSPS) is 15.1. The van der Waals surface area contributed by atoms with Gasteiger partial charge in [0.25, 0.3) is 5.89 Å². The summed E-state index contributed by atoms with van der Waals surface area (Å²) >= 11 is 0. The highest BCUT2D eigenvalue weighted by Gasteiger charge is 2.47. The molecule has 0 bridgehead atoms. The number of aromatic nitrogens is 5. The largest absolute Gasteiger partial charge is 0.370 e. The summed E-state index contributed by atoms with van der Waals surface area (Å²) in [6.45, 7) is 5.29. The second-order valence-electron chi connectivity index (χ2n) is 9.02. The molecule has 0 saturated heterocycles. The molecule has 3 heterocycles. The molecule has 0 amide bonds. The fourth-order valence-corrected chi connectivity index (χ4v) is 4.27. The van der Waals surface area contributed by atoms with Gasteiger partial charge in [-0.05, 0) is 55.4 Å². The van der Waals surface area contributed by atoms with E-state index in [1.807, 2.05) is 12.1 Å². The molecular formula is C26H29N7O. The molecule has 1 saturated carbocycles. The van der Waals surface area contributed by atoms with E-state index in [-0.39, 0.29) is 11.4 Å². The zero-order valence-corrected chi connectivity index (χ0v) is 19.5. The highest BCUT2D eigenvalue weighted by molar-refractivity contribution is 5.63. The van der Waals surface area contributed by atoms with Crippen molar-refractivity contribution in [2.24, 2.45) is 5.92 Å². The number of benzene rings is 1. The van der Waals surface area contributed by atoms with Gasteiger partial charge >= 0.3 is 0 Å². The Morgan fingerprint density at radius 1 is 0.971 bits per heavy atom. The van der Waals surface area contributed by atoms with Crippen molar-refractivity contribution >= 4 is 11.8 Å². The monoisotopic (exact) mass is 455 g/mol. The van der Waals surface area contributed by atoms with Crippen LogP contribution in [0.4, 0.5) is 11.8 Å². The smallest absolute Gasteiger partial charge is 0.259 e. The van der Waals surface area contributed by atoms with Crippen molar-refractivity contribution in [3.8, 4) is 22.6 Å². The van der Waals surface area contributed by atoms with Crippen molar-refractivity contribution < 1.29 is 4.52 Å². The third-order valence-corrected chi connectivity index (χ3v) is 6.62. The summed E-state index contributed by atoms with van der Waals surface area (Å²) in [5, 5.41) is 7.74. The Bertz CT molecular complexity index is 1230. The summed E-state index contributed by atoms with van der Waals surface area (Å²) in [6, 6.07) is 12.4. The van der Waals surface area contributed by atoms with E-state index in [0.29, 0.717) is 17.6 Å². The van der Waals surface area contributed by atoms with Gasteiger partial charge in [-0.25, -0.2) is 15.0 Å². The lowest BCUT2D eigenvalue weighted by Gasteiger charge is -2.27. The van der Waals surface area contributed by atoms with Gasteiger partial charge in [-0.2, -0.15) is 4.98 Å². The molecular weight excluding hydrogens is 426 g/mol. The van der Waals surface area contributed by atoms with Crippen molar-refractivity contribution in [3.63, 3.8) is 0 Å². The number of nitrogens with one attached hydrogen (secondary N) is 1. The topological polar surface area (TPSA) is 116 Å². The van der Waals surface area contributed by atoms with Crippen LogP contribution in [-0.2, 0) is 5.41 Å². The van der Waals surface area contributed by atoms with Gasteiger partial charge in [-0.15, -0.1) is 0 Å². The molecule has 4 aromatic rings. The van der Waals surface area contributed by atoms with Gasteiger partial charge in [-0.3, -0.25) is 0 Å². The third-order valence-electron chi connectivity index (χ3n) is 6.62. The van der Waals surface area contributed by atoms with E-state index in [1.165, 1.54) is 0 Å². The molecule has 5 rings (SSSR count). The van der Waals surface area contributed by atoms with Crippen molar-refractivity contribution in [1.29, 1.82) is 0 Å². The van der Waals surface area contributed by atoms with E-state index in [0.717, 1.165) is 60.3 Å². The van der Waals surface area contributed by atoms with Crippen LogP contribution in [0.5, 0.6) is 0 Å². The zero-order valence-electron chi connectivity index (χ0n) is 19.5. The summed E-state index contributed by atoms with van der Waals surface area (Å²) in [4.78, 5) is 17.5. The second-order valence-corrected chi connectivity index (χ2v) is 9.02. The fourth-order valence-electron chi connectivity index (χ4n) is 4.27. The first-order chi connectivity index (χ1) is 16.6. The first-order valence-electron chi connectivity index (χ1n) is 11.8. The van der Waals surface area contributed by atoms with E-state index in [1.54, 1.807) is 18.6 Å². The standard InChI is InChI=1S/C26H29N7O/c1-3-4-13-28-22-12-7-18(14-29-22)23-32-24(33-34-23)26(2,21-10-11-21)20-8-5-17(6-9-20)19-15-30-25(27)31-16-19/h5-9,12,14-16,21H,3-4,10-11,13H2,1-2H3,(H,28,29)(H2,27,30,31). The average molecular weight is 456 g/mol. The molecule has 174 valence electrons. The number of hydrogen-bond acceptors (Lipinski definition) is 8. The molecule has 0 spiro atoms. The highest BCUT2D eigenvalue weighted by Crippen LogP contribution is 2.50. The maximum absolute atomic E-state index is 5.69. The first kappa shape index (κ1) is 22.0. The van der Waals surface area contributed by atoms with Gasteiger partial charge in [-0.1, -0.05) is 42.8 Å². The Morgan fingerprint density at radius 2 is 1.68 bits per heavy atom. The van der Waals surface area contributed by atoms with Gasteiger partial charge in [0.15, 0.2) is 5.82 Å². The van der Waals surface area contributed by atoms with Crippen LogP contribution >= 0.6 is 0 Å². The molecule has 1 aliphatic carbocycles. The van der Waals surface area contributed by atoms with Crippen LogP contribution in [-0.4, -0.2) is 31.6 Å². The second kappa shape index (κ2) is 9.21. The molecule has 1 unspecified atom stereocenters. The number of pyridine rings is 1. The minimum Gasteiger partial charge on any atom is -0.370 e. The predicted molar refractivity (Wildman–Crippen MR) is 132 cm³/mol. The molecule has 3 N–H and O–H groups in total. The molecule has 8 heteroatoms. The number of nitrogen functional groups attached to an aromatic ring is 1. The lowest BCUT2D eigenvalue weighted by atomic mass is 9.76. The van der Waals surface area contributed by atoms with Crippen molar-refractivity contribution in [2.45, 2.75) is 44.9 Å². The minimum absolute atomic E-state index is 0.271. The van der Waals surface area contributed by atoms with E-state index < -0.39 is 0 Å². The average Bonchev–Trinajstić information content (AvgIpc) is 3.62. The number of rotatable bonds is 9. The molecule has 8 nitrogen and oxygen atoms in total. The van der Waals surface area contributed by atoms with E-state index >= 15 is 0 Å². The summed E-state index contributed by atoms with van der Waals surface area (Å²) in [6.07, 6.45) is 9.81. The van der Waals surface area contributed by atoms with Gasteiger partial charge in [0.1, 0.15) is 5.82 Å². The van der Waals surface area contributed by atoms with Crippen LogP contribution in [0.1, 0.15) is 50.9 Å². The van der Waals surface area contributed by atoms with Crippen LogP contribution in [0.15, 0.2) is 59.5 Å². The van der Waals surface area contributed by atoms with E-state index in [9.17, 15) is 0 Å². The highest BCUT2D eigenvalue weighted by atomic mass is 16.5. The lowest BCUT2D eigenvalue weighted by Crippen LogP contribution is -2.28. The molecule has 3 aromatic heterocycles. The Balaban J connectivity index is 1.39. The molecule has 1 atom stereocenters. The van der Waals surface area contributed by atoms with Crippen molar-refractivity contribution in [2.75, 3.05) is 17.6 Å². The van der Waals surface area contributed by atoms with Crippen molar-refractivity contribution in [3.05, 3.63) is 66.4 Å². The maximum Gasteiger partial charge on any atom is 0.259 e. The minimum atomic E-state index is -0.326. The molecule has 0 radical (unpaired) electrons. The van der Waals surface area contributed by atoms with Crippen molar-refractivity contribution in [1.82, 2.24) is 25.1 Å². The Morgan fingerprint density at radius 3 is 2.32 bits per heavy atom. The number of anilines is 2. The molecule has 1 aliphatic rings. The Labute approximate surface area is 199 Å². The Kier molecular flexibility index (Phi) is 5.96. The first-order valence-corrected chi connectivity index (χ1v) is 11.8. The number of unbranched alkanes of at least 4 members (excludes halogenated alkanes) is 1. The van der Waals surface area contributed by atoms with Crippen LogP contribution in [0.25, 0.3) is 22.6 Å². The van der Waals surface area contributed by atoms with Gasteiger partial charge in [0.05, 0.1) is 11.0 Å². The van der Waals surface area contributed by atoms with Crippen LogP contribution in [0.2, 0.25) is 0 Å². The van der Waals surface area contributed by atoms with Gasteiger partial charge < -0.3 is 15.6 Å². The molecule has 1 fully saturated rings. The predicted octanol–water partition coefficient (Wildman–Crippen LogP) is 5.10. The maximum atomic E-state index is 5.69. The summed E-state index contributed by atoms with van der Waals surface area (Å²) in [7, 11) is 0. The lowest BCUT2D eigenvalue weighted by molar-refractivity contribution is 0.386. The third kappa shape index (κ3) is 4.35. The van der Waals surface area contributed by atoms with Gasteiger partial charge in [0, 0.05) is 30.7 Å². The SMILES string of the molecule is CCCCNc1ccc(-c2nc(C(C)(c3ccc(-c4cnc(N)nc4)cc3)C3CC3)no2)cn1. The molecule has 1 aromatic carbocycles. The Hall–Kier alpha value is -3.81. The van der Waals surface area contributed by atoms with Gasteiger partial charge in [0.2, 0.25) is 5.95 Å². The van der Waals surface area contributed by atoms with Crippen LogP contribution in [0, 0.1) is 5.92 Å². The van der Waals surface area contributed by atoms with Crippen LogP contribution in [0.3, 0.4) is 0 Å². The number of nitrogens with two attached hydrogens (primary N) is 1. The number of nitrogens with zero attached hydrogens (tertiary/aromatic N) is 5. The molecule has 0 aliphatic heterocycles. The van der Waals surface area contributed by atoms with E-state index in [4.69, 9.17) is 15.2 Å². The zero-order chi connectivity index (χ0) is 23.5. The summed E-state index contributed by atoms with van der Waals surface area (Å²) < 4.78 is 5.69. The molecule has 34 heavy (non-hydrogen) atoms. The number of hydrogen-bond donors (Lipinski definition) is 2. The quantitative estimate of drug-likeness (QED) is 0.335. The fraction of sp³-hybridized carbons (Fsp3) is 0.346. The van der Waals surface area contributed by atoms with E-state index in [2.05, 4.69) is 63.5 Å². The van der Waals surface area contributed by atoms with Crippen LogP contribution < -0.4 is 11.1 Å².